The van der Waals surface area contributed by atoms with Gasteiger partial charge in [-0.2, -0.15) is 0 Å². The van der Waals surface area contributed by atoms with E-state index in [-0.39, 0.29) is 6.03 Å². The van der Waals surface area contributed by atoms with Crippen molar-refractivity contribution in [3.05, 3.63) is 0 Å². The van der Waals surface area contributed by atoms with Gasteiger partial charge in [0.25, 0.3) is 0 Å². The van der Waals surface area contributed by atoms with E-state index in [0.717, 1.165) is 25.7 Å². The molecule has 2 rings (SSSR count). The topological polar surface area (TPSA) is 128 Å². The number of nitrogens with one attached hydrogen (secondary N) is 2. The molecule has 9 nitrogen and oxygen atoms in total. The second-order valence-electron chi connectivity index (χ2n) is 7.68. The second kappa shape index (κ2) is 10.6. The van der Waals surface area contributed by atoms with E-state index >= 15 is 0 Å². The standard InChI is InChI=1S/C19H33N3O6/c1-2-3-7-14(15(23)16(24)25)20-17(26)19(8-5-4-6-9-19)21-18(27)22-10-12-28-13-11-22/h14-15,23H,2-13H2,1H3,(H,20,26)(H,21,27)(H,24,25). The van der Waals surface area contributed by atoms with Crippen molar-refractivity contribution in [3.63, 3.8) is 0 Å². The molecule has 2 aliphatic rings. The lowest BCUT2D eigenvalue weighted by Crippen LogP contribution is -2.64. The third kappa shape index (κ3) is 5.81. The molecule has 0 aromatic carbocycles. The van der Waals surface area contributed by atoms with Crippen LogP contribution in [-0.4, -0.2) is 77.0 Å². The van der Waals surface area contributed by atoms with E-state index in [2.05, 4.69) is 10.6 Å². The molecule has 160 valence electrons. The number of amides is 3. The fourth-order valence-electron chi connectivity index (χ4n) is 3.83. The van der Waals surface area contributed by atoms with Crippen LogP contribution in [0.3, 0.4) is 0 Å². The molecule has 1 heterocycles. The number of rotatable bonds is 8. The predicted molar refractivity (Wildman–Crippen MR) is 102 cm³/mol. The molecule has 0 bridgehead atoms. The molecular formula is C19H33N3O6. The maximum atomic E-state index is 13.2. The van der Waals surface area contributed by atoms with E-state index in [1.807, 2.05) is 6.92 Å². The monoisotopic (exact) mass is 399 g/mol. The lowest BCUT2D eigenvalue weighted by atomic mass is 9.80. The van der Waals surface area contributed by atoms with Crippen molar-refractivity contribution in [3.8, 4) is 0 Å². The molecule has 0 aromatic heterocycles. The molecule has 2 unspecified atom stereocenters. The minimum atomic E-state index is -1.67. The van der Waals surface area contributed by atoms with Gasteiger partial charge in [-0.1, -0.05) is 39.0 Å². The molecule has 1 saturated carbocycles. The van der Waals surface area contributed by atoms with Gasteiger partial charge in [-0.05, 0) is 19.3 Å². The van der Waals surface area contributed by atoms with Gasteiger partial charge in [0.2, 0.25) is 5.91 Å². The number of ether oxygens (including phenoxy) is 1. The fourth-order valence-corrected chi connectivity index (χ4v) is 3.83. The average Bonchev–Trinajstić information content (AvgIpc) is 2.71. The van der Waals surface area contributed by atoms with Crippen LogP contribution in [0.4, 0.5) is 4.79 Å². The number of carbonyl (C=O) groups is 3. The highest BCUT2D eigenvalue weighted by Gasteiger charge is 2.43. The van der Waals surface area contributed by atoms with Crippen LogP contribution in [0, 0.1) is 0 Å². The Morgan fingerprint density at radius 1 is 1.14 bits per heavy atom. The Balaban J connectivity index is 2.11. The summed E-state index contributed by atoms with van der Waals surface area (Å²) in [5.41, 5.74) is -1.07. The van der Waals surface area contributed by atoms with Gasteiger partial charge in [0.15, 0.2) is 6.10 Å². The van der Waals surface area contributed by atoms with Crippen molar-refractivity contribution < 1.29 is 29.3 Å². The summed E-state index contributed by atoms with van der Waals surface area (Å²) in [5, 5.41) is 24.8. The zero-order valence-corrected chi connectivity index (χ0v) is 16.6. The number of morpholine rings is 1. The Kier molecular flexibility index (Phi) is 8.50. The largest absolute Gasteiger partial charge is 0.479 e. The molecule has 0 spiro atoms. The summed E-state index contributed by atoms with van der Waals surface area (Å²) in [7, 11) is 0. The van der Waals surface area contributed by atoms with Crippen LogP contribution in [-0.2, 0) is 14.3 Å². The van der Waals surface area contributed by atoms with Gasteiger partial charge in [0.1, 0.15) is 5.54 Å². The van der Waals surface area contributed by atoms with Gasteiger partial charge in [-0.3, -0.25) is 4.79 Å². The van der Waals surface area contributed by atoms with Gasteiger partial charge >= 0.3 is 12.0 Å². The highest BCUT2D eigenvalue weighted by Crippen LogP contribution is 2.29. The summed E-state index contributed by atoms with van der Waals surface area (Å²) < 4.78 is 5.27. The molecule has 1 aliphatic carbocycles. The Labute approximate surface area is 165 Å². The lowest BCUT2D eigenvalue weighted by molar-refractivity contribution is -0.149. The first-order valence-electron chi connectivity index (χ1n) is 10.3. The molecule has 3 amide bonds. The van der Waals surface area contributed by atoms with Crippen molar-refractivity contribution in [1.29, 1.82) is 0 Å². The van der Waals surface area contributed by atoms with E-state index in [4.69, 9.17) is 9.84 Å². The third-order valence-corrected chi connectivity index (χ3v) is 5.61. The summed E-state index contributed by atoms with van der Waals surface area (Å²) >= 11 is 0. The van der Waals surface area contributed by atoms with E-state index in [0.29, 0.717) is 52.0 Å². The smallest absolute Gasteiger partial charge is 0.334 e. The number of carbonyl (C=O) groups excluding carboxylic acids is 2. The predicted octanol–water partition coefficient (Wildman–Crippen LogP) is 0.852. The zero-order valence-electron chi connectivity index (χ0n) is 16.6. The molecule has 2 atom stereocenters. The Bertz CT molecular complexity index is 544. The molecule has 0 radical (unpaired) electrons. The number of carboxylic acid groups (broad SMARTS) is 1. The average molecular weight is 399 g/mol. The van der Waals surface area contributed by atoms with Crippen LogP contribution >= 0.6 is 0 Å². The maximum Gasteiger partial charge on any atom is 0.334 e. The fraction of sp³-hybridized carbons (Fsp3) is 0.842. The number of aliphatic hydroxyl groups excluding tert-OH is 1. The first kappa shape index (κ1) is 22.4. The van der Waals surface area contributed by atoms with E-state index in [1.54, 1.807) is 4.90 Å². The molecular weight excluding hydrogens is 366 g/mol. The van der Waals surface area contributed by atoms with E-state index in [9.17, 15) is 19.5 Å². The van der Waals surface area contributed by atoms with Gasteiger partial charge in [-0.15, -0.1) is 0 Å². The Morgan fingerprint density at radius 2 is 1.79 bits per heavy atom. The Hall–Kier alpha value is -1.87. The number of nitrogens with zero attached hydrogens (tertiary/aromatic N) is 1. The van der Waals surface area contributed by atoms with Crippen molar-refractivity contribution in [1.82, 2.24) is 15.5 Å². The minimum absolute atomic E-state index is 0.302. The highest BCUT2D eigenvalue weighted by molar-refractivity contribution is 5.91. The molecule has 28 heavy (non-hydrogen) atoms. The quantitative estimate of drug-likeness (QED) is 0.479. The number of urea groups is 1. The number of unbranched alkanes of at least 4 members (excludes halogenated alkanes) is 1. The molecule has 9 heteroatoms. The van der Waals surface area contributed by atoms with Crippen LogP contribution in [0.5, 0.6) is 0 Å². The highest BCUT2D eigenvalue weighted by atomic mass is 16.5. The van der Waals surface area contributed by atoms with Crippen molar-refractivity contribution >= 4 is 17.9 Å². The van der Waals surface area contributed by atoms with Crippen LogP contribution in [0.1, 0.15) is 58.3 Å². The summed E-state index contributed by atoms with van der Waals surface area (Å²) in [6.07, 6.45) is 3.78. The molecule has 4 N–H and O–H groups in total. The van der Waals surface area contributed by atoms with Gasteiger partial charge < -0.3 is 30.5 Å². The van der Waals surface area contributed by atoms with Crippen molar-refractivity contribution in [2.45, 2.75) is 76.0 Å². The van der Waals surface area contributed by atoms with E-state index < -0.39 is 29.6 Å². The molecule has 1 aliphatic heterocycles. The van der Waals surface area contributed by atoms with Crippen LogP contribution < -0.4 is 10.6 Å². The molecule has 2 fully saturated rings. The minimum Gasteiger partial charge on any atom is -0.479 e. The normalized spacial score (nSPS) is 21.4. The second-order valence-corrected chi connectivity index (χ2v) is 7.68. The summed E-state index contributed by atoms with van der Waals surface area (Å²) in [5.74, 6) is -1.77. The van der Waals surface area contributed by atoms with Crippen LogP contribution in [0.15, 0.2) is 0 Å². The Morgan fingerprint density at radius 3 is 2.36 bits per heavy atom. The van der Waals surface area contributed by atoms with E-state index in [1.165, 1.54) is 0 Å². The third-order valence-electron chi connectivity index (χ3n) is 5.61. The first-order valence-corrected chi connectivity index (χ1v) is 10.3. The van der Waals surface area contributed by atoms with Gasteiger partial charge in [0.05, 0.1) is 19.3 Å². The maximum absolute atomic E-state index is 13.2. The van der Waals surface area contributed by atoms with Gasteiger partial charge in [0, 0.05) is 13.1 Å². The number of aliphatic carboxylic acids is 1. The summed E-state index contributed by atoms with van der Waals surface area (Å²) in [6, 6.07) is -1.19. The zero-order chi connectivity index (χ0) is 20.6. The molecule has 0 aromatic rings. The number of aliphatic hydroxyl groups is 1. The number of hydrogen-bond donors (Lipinski definition) is 4. The summed E-state index contributed by atoms with van der Waals surface area (Å²) in [6.45, 7) is 3.84. The van der Waals surface area contributed by atoms with Crippen molar-refractivity contribution in [2.75, 3.05) is 26.3 Å². The van der Waals surface area contributed by atoms with Crippen molar-refractivity contribution in [2.24, 2.45) is 0 Å². The number of carboxylic acids is 1. The SMILES string of the molecule is CCCCC(NC(=O)C1(NC(=O)N2CCOCC2)CCCCC1)C(O)C(=O)O. The van der Waals surface area contributed by atoms with Crippen LogP contribution in [0.2, 0.25) is 0 Å². The summed E-state index contributed by atoms with van der Waals surface area (Å²) in [4.78, 5) is 38.7. The van der Waals surface area contributed by atoms with Crippen LogP contribution in [0.25, 0.3) is 0 Å². The number of hydrogen-bond acceptors (Lipinski definition) is 5. The van der Waals surface area contributed by atoms with Gasteiger partial charge in [-0.25, -0.2) is 9.59 Å². The first-order chi connectivity index (χ1) is 13.4. The lowest BCUT2D eigenvalue weighted by Gasteiger charge is -2.40. The molecule has 1 saturated heterocycles.